The van der Waals surface area contributed by atoms with Gasteiger partial charge < -0.3 is 24.7 Å². The number of carbonyl (C=O) groups is 1. The van der Waals surface area contributed by atoms with Gasteiger partial charge in [0.2, 0.25) is 0 Å². The van der Waals surface area contributed by atoms with Crippen molar-refractivity contribution in [2.45, 2.75) is 0 Å². The second-order valence-corrected chi connectivity index (χ2v) is 30.9. The highest BCUT2D eigenvalue weighted by Gasteiger charge is 2.22. The van der Waals surface area contributed by atoms with Gasteiger partial charge in [-0.25, -0.2) is 26.9 Å². The van der Waals surface area contributed by atoms with Crippen LogP contribution in [0.2, 0.25) is 25.1 Å². The number of nitrogens with zero attached hydrogens (tertiary/aromatic N) is 11. The van der Waals surface area contributed by atoms with Crippen molar-refractivity contribution in [3.05, 3.63) is 389 Å². The molecule has 2 N–H and O–H groups in total. The van der Waals surface area contributed by atoms with Crippen molar-refractivity contribution in [3.63, 3.8) is 0 Å². The number of hydrogen-bond acceptors (Lipinski definition) is 15. The van der Waals surface area contributed by atoms with E-state index >= 15 is 0 Å². The molecule has 0 aliphatic carbocycles. The van der Waals surface area contributed by atoms with E-state index in [1.807, 2.05) is 152 Å². The molecular weight excluding hydrogens is 1760 g/mol. The molecule has 20 rings (SSSR count). The lowest BCUT2D eigenvalue weighted by molar-refractivity contribution is 0.0994. The highest BCUT2D eigenvalue weighted by Crippen LogP contribution is 2.43. The number of amides is 1. The zero-order valence-corrected chi connectivity index (χ0v) is 72.8. The molecule has 0 aliphatic rings. The number of rotatable bonds is 15. The summed E-state index contributed by atoms with van der Waals surface area (Å²) >= 11 is 29.9. The lowest BCUT2D eigenvalue weighted by Gasteiger charge is -2.12. The van der Waals surface area contributed by atoms with Gasteiger partial charge in [0.1, 0.15) is 63.4 Å². The first kappa shape index (κ1) is 88.3. The summed E-state index contributed by atoms with van der Waals surface area (Å²) in [5.74, 6) is -0.422. The topological polar surface area (TPSA) is 213 Å². The number of carbonyl (C=O) groups excluding carboxylic acids is 1. The largest absolute Gasteiger partial charge is 0.496 e. The first-order valence-electron chi connectivity index (χ1n) is 39.8. The van der Waals surface area contributed by atoms with E-state index < -0.39 is 29.2 Å². The highest BCUT2D eigenvalue weighted by molar-refractivity contribution is 6.32. The maximum Gasteiger partial charge on any atom is 0.267 e. The number of imidazole rings is 1. The zero-order chi connectivity index (χ0) is 90.6. The molecule has 0 atom stereocenters. The molecule has 0 aliphatic heterocycles. The third kappa shape index (κ3) is 19.2. The van der Waals surface area contributed by atoms with Gasteiger partial charge in [0.25, 0.3) is 5.91 Å². The van der Waals surface area contributed by atoms with Crippen molar-refractivity contribution >= 4 is 113 Å². The molecule has 0 fully saturated rings. The van der Waals surface area contributed by atoms with E-state index in [4.69, 9.17) is 82.7 Å². The molecule has 11 heterocycles. The molecule has 20 aromatic rings. The number of aromatic nitrogens is 11. The predicted molar refractivity (Wildman–Crippen MR) is 505 cm³/mol. The van der Waals surface area contributed by atoms with Gasteiger partial charge in [0.15, 0.2) is 0 Å². The summed E-state index contributed by atoms with van der Waals surface area (Å²) in [6.45, 7) is 0. The Bertz CT molecular complexity index is 7690. The van der Waals surface area contributed by atoms with Gasteiger partial charge in [-0.15, -0.1) is 0 Å². The van der Waals surface area contributed by atoms with Crippen LogP contribution in [-0.4, -0.2) is 88.6 Å². The second kappa shape index (κ2) is 39.8. The first-order valence-corrected chi connectivity index (χ1v) is 41.6. The lowest BCUT2D eigenvalue weighted by Crippen LogP contribution is -2.13. The molecule has 0 bridgehead atoms. The number of nitrogens with two attached hydrogens (primary N) is 1. The van der Waals surface area contributed by atoms with E-state index in [0.717, 1.165) is 140 Å². The zero-order valence-electron chi connectivity index (χ0n) is 69.0. The predicted octanol–water partition coefficient (Wildman–Crippen LogP) is 27.0. The smallest absolute Gasteiger partial charge is 0.267 e. The fraction of sp³-hybridized carbons (Fsp3) is 0.0388. The molecule has 0 saturated heterocycles. The van der Waals surface area contributed by atoms with Gasteiger partial charge in [-0.2, -0.15) is 0 Å². The summed E-state index contributed by atoms with van der Waals surface area (Å²) in [6.07, 6.45) is 18.4. The summed E-state index contributed by atoms with van der Waals surface area (Å²) in [6, 6.07) is 76.7. The number of benzene rings is 9. The molecule has 9 aromatic carbocycles. The van der Waals surface area contributed by atoms with Crippen LogP contribution in [0.25, 0.3) is 161 Å². The maximum atomic E-state index is 14.4. The average Bonchev–Trinajstić information content (AvgIpc) is 1.23. The van der Waals surface area contributed by atoms with Crippen molar-refractivity contribution in [2.24, 2.45) is 5.73 Å². The molecule has 27 heteroatoms. The van der Waals surface area contributed by atoms with Gasteiger partial charge in [0.05, 0.1) is 100 Å². The molecule has 17 nitrogen and oxygen atoms in total. The second-order valence-electron chi connectivity index (χ2n) is 28.8. The fourth-order valence-electron chi connectivity index (χ4n) is 14.8. The van der Waals surface area contributed by atoms with Crippen molar-refractivity contribution in [3.8, 4) is 135 Å². The monoisotopic (exact) mass is 1820 g/mol. The maximum absolute atomic E-state index is 14.4. The minimum atomic E-state index is -0.808. The Balaban J connectivity index is 0.000000119. The molecule has 0 radical (unpaired) electrons. The summed E-state index contributed by atoms with van der Waals surface area (Å²) in [7, 11) is 6.52. The quantitative estimate of drug-likeness (QED) is 0.0746. The molecule has 11 aromatic heterocycles. The van der Waals surface area contributed by atoms with Crippen LogP contribution in [-0.2, 0) is 0 Å². The summed E-state index contributed by atoms with van der Waals surface area (Å²) in [5.41, 5.74) is 24.6. The van der Waals surface area contributed by atoms with Crippen molar-refractivity contribution in [1.29, 1.82) is 0 Å². The molecular formula is C103H68Cl5F5N12O5. The van der Waals surface area contributed by atoms with E-state index in [1.165, 1.54) is 42.6 Å². The van der Waals surface area contributed by atoms with E-state index in [9.17, 15) is 26.7 Å². The van der Waals surface area contributed by atoms with Crippen LogP contribution in [0.15, 0.2) is 329 Å². The van der Waals surface area contributed by atoms with Crippen LogP contribution in [0.1, 0.15) is 10.5 Å². The Morgan fingerprint density at radius 2 is 0.631 bits per heavy atom. The Morgan fingerprint density at radius 3 is 1.02 bits per heavy atom. The van der Waals surface area contributed by atoms with E-state index in [1.54, 1.807) is 143 Å². The van der Waals surface area contributed by atoms with Crippen LogP contribution in [0.5, 0.6) is 23.0 Å². The van der Waals surface area contributed by atoms with Gasteiger partial charge in [0, 0.05) is 161 Å². The number of methoxy groups -OCH3 is 4. The standard InChI is InChI=1S/C21H13ClF2N2O.2C21H14ClFN2O.C21H15ClN2O.C19H12ClFN4O/c1-27-20-6-8-25-19-5-4-12(9-15(19)20)13-3-2-7-26-21(13)14-10-16(22)18(24)11-17(14)23;1-26-20-8-10-24-19-7-4-13(11-17(19)20)15-3-2-9-25-21(15)16-12-14(22)5-6-18(16)23;1-26-20-8-10-24-19-7-5-13(11-16(19)20)15-3-2-9-25-21(15)14-4-6-18(23)17(22)12-14;1-25-20-9-11-23-19-8-7-14(13-18(19)20)17-6-3-10-24-21(17)15-4-2-5-16(22)12-15;20-14-8-11(3-5-15(14)21)18-13(2-1-7-23-18)12-4-6-17-24-9-16(19(22)26)25(17)10-12/h2-11H,1H3;2*2-12H,1H3;2-13H,1H3;1-10H,(H2,22,26). The molecule has 1 amide bonds. The number of fused-ring (bicyclic) bond motifs is 5. The number of pyridine rings is 10. The van der Waals surface area contributed by atoms with Crippen LogP contribution in [0.3, 0.4) is 0 Å². The van der Waals surface area contributed by atoms with Crippen LogP contribution in [0, 0.1) is 29.1 Å². The van der Waals surface area contributed by atoms with Gasteiger partial charge >= 0.3 is 0 Å². The molecule has 0 spiro atoms. The van der Waals surface area contributed by atoms with E-state index in [0.29, 0.717) is 55.2 Å². The molecule has 640 valence electrons. The van der Waals surface area contributed by atoms with Crippen LogP contribution >= 0.6 is 58.0 Å². The number of ether oxygens (including phenoxy) is 4. The summed E-state index contributed by atoms with van der Waals surface area (Å²) in [4.78, 5) is 55.4. The highest BCUT2D eigenvalue weighted by atomic mass is 35.5. The lowest BCUT2D eigenvalue weighted by atomic mass is 9.97. The van der Waals surface area contributed by atoms with Crippen molar-refractivity contribution in [2.75, 3.05) is 28.4 Å². The third-order valence-electron chi connectivity index (χ3n) is 21.0. The van der Waals surface area contributed by atoms with Gasteiger partial charge in [-0.1, -0.05) is 125 Å². The van der Waals surface area contributed by atoms with E-state index in [2.05, 4.69) is 68.0 Å². The number of primary amides is 1. The first-order chi connectivity index (χ1) is 63.2. The SMILES string of the molecule is COc1ccnc2ccc(-c3cccnc3-c3cc(Cl)c(F)cc3F)cc12.COc1ccnc2ccc(-c3cccnc3-c3cc(Cl)ccc3F)cc12.COc1ccnc2ccc(-c3cccnc3-c3ccc(F)c(Cl)c3)cc12.COc1ccnc2ccc(-c3cccnc3-c3cccc(Cl)c3)cc12.NC(=O)c1cnc2ccc(-c3cccnc3-c3ccc(F)c(Cl)c3)cn12. The fourth-order valence-corrected chi connectivity index (χ4v) is 15.7. The van der Waals surface area contributed by atoms with Crippen LogP contribution < -0.4 is 24.7 Å². The van der Waals surface area contributed by atoms with Crippen molar-refractivity contribution in [1.82, 2.24) is 54.2 Å². The number of halogens is 10. The minimum Gasteiger partial charge on any atom is -0.496 e. The average molecular weight is 1830 g/mol. The van der Waals surface area contributed by atoms with Crippen molar-refractivity contribution < 1.29 is 45.7 Å². The molecule has 0 saturated carbocycles. The van der Waals surface area contributed by atoms with Gasteiger partial charge in [-0.05, 0) is 210 Å². The Kier molecular flexibility index (Phi) is 27.0. The minimum absolute atomic E-state index is 0.0279. The van der Waals surface area contributed by atoms with Gasteiger partial charge in [-0.3, -0.25) is 54.1 Å². The summed E-state index contributed by atoms with van der Waals surface area (Å²) < 4.78 is 92.8. The molecule has 130 heavy (non-hydrogen) atoms. The summed E-state index contributed by atoms with van der Waals surface area (Å²) in [5, 5.41) is 4.69. The Labute approximate surface area is 765 Å². The Morgan fingerprint density at radius 1 is 0.285 bits per heavy atom. The molecule has 0 unspecified atom stereocenters. The normalized spacial score (nSPS) is 10.9. The van der Waals surface area contributed by atoms with E-state index in [-0.39, 0.29) is 32.1 Å². The van der Waals surface area contributed by atoms with Crippen LogP contribution in [0.4, 0.5) is 22.0 Å². The Hall–Kier alpha value is -15.2. The third-order valence-corrected chi connectivity index (χ3v) is 22.3. The number of hydrogen-bond donors (Lipinski definition) is 1.